The van der Waals surface area contributed by atoms with Gasteiger partial charge in [0.15, 0.2) is 0 Å². The van der Waals surface area contributed by atoms with Gasteiger partial charge in [-0.1, -0.05) is 6.07 Å². The number of nitrogens with zero attached hydrogens (tertiary/aromatic N) is 1. The first-order valence-corrected chi connectivity index (χ1v) is 8.19. The lowest BCUT2D eigenvalue weighted by Crippen LogP contribution is -2.27. The standard InChI is InChI=1S/C13H16N2O2S2/c1-9-7-13(11(3)18-9)19(16,17)15-10(2)12-5-4-6-14-8-12/h4-8,10,15H,1-3H3/t10-/m1/s1. The minimum Gasteiger partial charge on any atom is -0.264 e. The van der Waals surface area contributed by atoms with Crippen LogP contribution >= 0.6 is 11.3 Å². The summed E-state index contributed by atoms with van der Waals surface area (Å²) in [4.78, 5) is 6.17. The number of thiophene rings is 1. The van der Waals surface area contributed by atoms with E-state index in [1.807, 2.05) is 26.8 Å². The van der Waals surface area contributed by atoms with Gasteiger partial charge in [-0.2, -0.15) is 0 Å². The lowest BCUT2D eigenvalue weighted by molar-refractivity contribution is 0.566. The van der Waals surface area contributed by atoms with E-state index in [4.69, 9.17) is 0 Å². The van der Waals surface area contributed by atoms with Crippen molar-refractivity contribution in [2.75, 3.05) is 0 Å². The third-order valence-electron chi connectivity index (χ3n) is 2.80. The normalized spacial score (nSPS) is 13.4. The molecule has 0 aliphatic carbocycles. The molecule has 0 radical (unpaired) electrons. The van der Waals surface area contributed by atoms with Gasteiger partial charge < -0.3 is 0 Å². The maximum atomic E-state index is 12.3. The highest BCUT2D eigenvalue weighted by atomic mass is 32.2. The van der Waals surface area contributed by atoms with Crippen LogP contribution in [-0.2, 0) is 10.0 Å². The zero-order chi connectivity index (χ0) is 14.0. The molecule has 0 aromatic carbocycles. The average molecular weight is 296 g/mol. The number of hydrogen-bond acceptors (Lipinski definition) is 4. The molecule has 0 aliphatic rings. The molecular formula is C13H16N2O2S2. The van der Waals surface area contributed by atoms with Crippen LogP contribution < -0.4 is 4.72 Å². The number of hydrogen-bond donors (Lipinski definition) is 1. The Kier molecular flexibility index (Phi) is 4.03. The molecule has 0 aliphatic heterocycles. The summed E-state index contributed by atoms with van der Waals surface area (Å²) in [6.45, 7) is 5.53. The van der Waals surface area contributed by atoms with E-state index in [0.717, 1.165) is 15.3 Å². The first-order chi connectivity index (χ1) is 8.90. The molecule has 2 rings (SSSR count). The Balaban J connectivity index is 2.25. The maximum absolute atomic E-state index is 12.3. The zero-order valence-corrected chi connectivity index (χ0v) is 12.7. The van der Waals surface area contributed by atoms with Gasteiger partial charge >= 0.3 is 0 Å². The van der Waals surface area contributed by atoms with Crippen LogP contribution in [0.15, 0.2) is 35.5 Å². The van der Waals surface area contributed by atoms with Gasteiger partial charge in [0.2, 0.25) is 10.0 Å². The Morgan fingerprint density at radius 1 is 1.37 bits per heavy atom. The van der Waals surface area contributed by atoms with Gasteiger partial charge in [-0.25, -0.2) is 13.1 Å². The van der Waals surface area contributed by atoms with Gasteiger partial charge in [-0.3, -0.25) is 4.98 Å². The second-order valence-electron chi connectivity index (χ2n) is 4.41. The fraction of sp³-hybridized carbons (Fsp3) is 0.308. The van der Waals surface area contributed by atoms with E-state index in [1.165, 1.54) is 11.3 Å². The summed E-state index contributed by atoms with van der Waals surface area (Å²) >= 11 is 1.49. The largest absolute Gasteiger partial charge is 0.264 e. The molecule has 0 unspecified atom stereocenters. The summed E-state index contributed by atoms with van der Waals surface area (Å²) in [5.41, 5.74) is 0.843. The molecule has 2 aromatic rings. The van der Waals surface area contributed by atoms with Crippen molar-refractivity contribution < 1.29 is 8.42 Å². The van der Waals surface area contributed by atoms with Gasteiger partial charge in [0, 0.05) is 28.2 Å². The first-order valence-electron chi connectivity index (χ1n) is 5.89. The average Bonchev–Trinajstić information content (AvgIpc) is 2.70. The van der Waals surface area contributed by atoms with Crippen molar-refractivity contribution in [1.29, 1.82) is 0 Å². The second kappa shape index (κ2) is 5.40. The van der Waals surface area contributed by atoms with Crippen molar-refractivity contribution in [3.05, 3.63) is 45.9 Å². The number of rotatable bonds is 4. The molecule has 6 heteroatoms. The third-order valence-corrected chi connectivity index (χ3v) is 5.56. The lowest BCUT2D eigenvalue weighted by Gasteiger charge is -2.14. The summed E-state index contributed by atoms with van der Waals surface area (Å²) in [6, 6.07) is 5.04. The molecule has 4 nitrogen and oxygen atoms in total. The molecule has 1 N–H and O–H groups in total. The Morgan fingerprint density at radius 2 is 2.11 bits per heavy atom. The van der Waals surface area contributed by atoms with E-state index in [9.17, 15) is 8.42 Å². The Bertz CT molecular complexity index is 663. The van der Waals surface area contributed by atoms with Crippen LogP contribution in [-0.4, -0.2) is 13.4 Å². The smallest absolute Gasteiger partial charge is 0.242 e. The minimum absolute atomic E-state index is 0.307. The van der Waals surface area contributed by atoms with Gasteiger partial charge in [-0.05, 0) is 38.5 Å². The van der Waals surface area contributed by atoms with Crippen molar-refractivity contribution in [2.24, 2.45) is 0 Å². The Morgan fingerprint density at radius 3 is 2.63 bits per heavy atom. The van der Waals surface area contributed by atoms with Crippen molar-refractivity contribution in [3.63, 3.8) is 0 Å². The number of sulfonamides is 1. The molecule has 0 saturated heterocycles. The zero-order valence-electron chi connectivity index (χ0n) is 11.0. The predicted molar refractivity (Wildman–Crippen MR) is 76.8 cm³/mol. The van der Waals surface area contributed by atoms with Crippen LogP contribution in [0.2, 0.25) is 0 Å². The van der Waals surface area contributed by atoms with E-state index in [0.29, 0.717) is 4.90 Å². The Labute approximate surface area is 117 Å². The highest BCUT2D eigenvalue weighted by Crippen LogP contribution is 2.26. The van der Waals surface area contributed by atoms with Gasteiger partial charge in [0.25, 0.3) is 0 Å². The second-order valence-corrected chi connectivity index (χ2v) is 7.55. The van der Waals surface area contributed by atoms with Crippen LogP contribution in [0.3, 0.4) is 0 Å². The summed E-state index contributed by atoms with van der Waals surface area (Å²) < 4.78 is 27.3. The van der Waals surface area contributed by atoms with Crippen molar-refractivity contribution in [2.45, 2.75) is 31.7 Å². The van der Waals surface area contributed by atoms with Crippen molar-refractivity contribution >= 4 is 21.4 Å². The summed E-state index contributed by atoms with van der Waals surface area (Å²) in [7, 11) is -3.48. The minimum atomic E-state index is -3.48. The van der Waals surface area contributed by atoms with Crippen LogP contribution in [0.1, 0.15) is 28.3 Å². The molecule has 0 fully saturated rings. The highest BCUT2D eigenvalue weighted by molar-refractivity contribution is 7.89. The molecule has 2 aromatic heterocycles. The summed E-state index contributed by atoms with van der Waals surface area (Å²) in [5.74, 6) is 0. The van der Waals surface area contributed by atoms with Crippen molar-refractivity contribution in [3.8, 4) is 0 Å². The quantitative estimate of drug-likeness (QED) is 0.944. The van der Waals surface area contributed by atoms with Crippen LogP contribution in [0.25, 0.3) is 0 Å². The fourth-order valence-electron chi connectivity index (χ4n) is 1.87. The SMILES string of the molecule is Cc1cc(S(=O)(=O)N[C@H](C)c2cccnc2)c(C)s1. The topological polar surface area (TPSA) is 59.1 Å². The van der Waals surface area contributed by atoms with Crippen molar-refractivity contribution in [1.82, 2.24) is 9.71 Å². The fourth-order valence-corrected chi connectivity index (χ4v) is 4.66. The van der Waals surface area contributed by atoms with E-state index < -0.39 is 10.0 Å². The summed E-state index contributed by atoms with van der Waals surface area (Å²) in [6.07, 6.45) is 3.33. The van der Waals surface area contributed by atoms with Gasteiger partial charge in [-0.15, -0.1) is 11.3 Å². The number of aromatic nitrogens is 1. The number of aryl methyl sites for hydroxylation is 2. The molecule has 102 valence electrons. The molecule has 0 bridgehead atoms. The van der Waals surface area contributed by atoms with Crippen LogP contribution in [0, 0.1) is 13.8 Å². The molecule has 19 heavy (non-hydrogen) atoms. The number of nitrogens with one attached hydrogen (secondary N) is 1. The van der Waals surface area contributed by atoms with Crippen LogP contribution in [0.5, 0.6) is 0 Å². The monoisotopic (exact) mass is 296 g/mol. The van der Waals surface area contributed by atoms with E-state index >= 15 is 0 Å². The number of pyridine rings is 1. The highest BCUT2D eigenvalue weighted by Gasteiger charge is 2.21. The van der Waals surface area contributed by atoms with E-state index in [1.54, 1.807) is 24.5 Å². The van der Waals surface area contributed by atoms with E-state index in [2.05, 4.69) is 9.71 Å². The van der Waals surface area contributed by atoms with E-state index in [-0.39, 0.29) is 6.04 Å². The third kappa shape index (κ3) is 3.20. The predicted octanol–water partition coefficient (Wildman–Crippen LogP) is 2.80. The van der Waals surface area contributed by atoms with Gasteiger partial charge in [0.1, 0.15) is 0 Å². The molecule has 2 heterocycles. The maximum Gasteiger partial charge on any atom is 0.242 e. The van der Waals surface area contributed by atoms with Crippen LogP contribution in [0.4, 0.5) is 0 Å². The first kappa shape index (κ1) is 14.2. The molecule has 0 spiro atoms. The molecular weight excluding hydrogens is 280 g/mol. The summed E-state index contributed by atoms with van der Waals surface area (Å²) in [5, 5.41) is 0. The molecule has 0 amide bonds. The molecule has 1 atom stereocenters. The Hall–Kier alpha value is -1.24. The lowest BCUT2D eigenvalue weighted by atomic mass is 10.2. The van der Waals surface area contributed by atoms with Gasteiger partial charge in [0.05, 0.1) is 4.90 Å². The molecule has 0 saturated carbocycles.